The Morgan fingerprint density at radius 1 is 1.41 bits per heavy atom. The van der Waals surface area contributed by atoms with Gasteiger partial charge in [-0.15, -0.1) is 0 Å². The zero-order valence-electron chi connectivity index (χ0n) is 14.4. The van der Waals surface area contributed by atoms with E-state index in [2.05, 4.69) is 26.5 Å². The second-order valence-electron chi connectivity index (χ2n) is 5.34. The number of amides is 1. The fourth-order valence-corrected chi connectivity index (χ4v) is 2.30. The first kappa shape index (κ1) is 20.2. The van der Waals surface area contributed by atoms with Gasteiger partial charge in [-0.1, -0.05) is 15.9 Å². The highest BCUT2D eigenvalue weighted by atomic mass is 79.9. The summed E-state index contributed by atoms with van der Waals surface area (Å²) < 4.78 is 11.2. The van der Waals surface area contributed by atoms with Crippen molar-refractivity contribution in [2.45, 2.75) is 6.92 Å². The lowest BCUT2D eigenvalue weighted by atomic mass is 10.2. The van der Waals surface area contributed by atoms with Crippen LogP contribution in [-0.4, -0.2) is 35.9 Å². The number of benzene rings is 2. The molecule has 0 aliphatic heterocycles. The van der Waals surface area contributed by atoms with Crippen LogP contribution in [0.3, 0.4) is 0 Å². The lowest BCUT2D eigenvalue weighted by Gasteiger charge is -2.07. The van der Waals surface area contributed by atoms with Gasteiger partial charge in [-0.2, -0.15) is 5.10 Å². The van der Waals surface area contributed by atoms with Gasteiger partial charge in [0.15, 0.2) is 12.4 Å². The molecule has 2 rings (SSSR count). The maximum Gasteiger partial charge on any atom is 0.315 e. The quantitative estimate of drug-likeness (QED) is 0.389. The van der Waals surface area contributed by atoms with Crippen molar-refractivity contribution >= 4 is 33.7 Å². The van der Waals surface area contributed by atoms with Gasteiger partial charge in [0.1, 0.15) is 5.75 Å². The highest BCUT2D eigenvalue weighted by molar-refractivity contribution is 9.10. The standard InChI is InChI=1S/C17H16BrN3O6/c1-10-5-12(3-4-13(10)18)27-9-16(22)20-19-8-11-6-14(21(24)25)17(23)15(7-11)26-2/h3-8,23H,9H2,1-2H3,(H,20,22)/b19-8+. The van der Waals surface area contributed by atoms with E-state index in [1.54, 1.807) is 12.1 Å². The summed E-state index contributed by atoms with van der Waals surface area (Å²) in [6.07, 6.45) is 1.19. The number of carbonyl (C=O) groups excluding carboxylic acids is 1. The summed E-state index contributed by atoms with van der Waals surface area (Å²) >= 11 is 3.37. The number of nitrogens with zero attached hydrogens (tertiary/aromatic N) is 2. The maximum atomic E-state index is 11.8. The van der Waals surface area contributed by atoms with Gasteiger partial charge in [0.05, 0.1) is 18.2 Å². The highest BCUT2D eigenvalue weighted by Crippen LogP contribution is 2.36. The van der Waals surface area contributed by atoms with Gasteiger partial charge < -0.3 is 14.6 Å². The number of methoxy groups -OCH3 is 1. The Bertz CT molecular complexity index is 900. The largest absolute Gasteiger partial charge is 0.500 e. The first-order chi connectivity index (χ1) is 12.8. The summed E-state index contributed by atoms with van der Waals surface area (Å²) in [4.78, 5) is 22.0. The summed E-state index contributed by atoms with van der Waals surface area (Å²) in [7, 11) is 1.27. The molecule has 0 spiro atoms. The summed E-state index contributed by atoms with van der Waals surface area (Å²) in [5.74, 6) is -0.631. The summed E-state index contributed by atoms with van der Waals surface area (Å²) in [6, 6.07) is 7.76. The summed E-state index contributed by atoms with van der Waals surface area (Å²) in [5.41, 5.74) is 2.95. The predicted octanol–water partition coefficient (Wildman–Crippen LogP) is 2.91. The molecule has 1 amide bonds. The van der Waals surface area contributed by atoms with Crippen molar-refractivity contribution in [1.29, 1.82) is 0 Å². The Labute approximate surface area is 162 Å². The molecule has 0 unspecified atom stereocenters. The van der Waals surface area contributed by atoms with Gasteiger partial charge in [0.25, 0.3) is 5.91 Å². The lowest BCUT2D eigenvalue weighted by Crippen LogP contribution is -2.24. The smallest absolute Gasteiger partial charge is 0.315 e. The molecule has 0 radical (unpaired) electrons. The fourth-order valence-electron chi connectivity index (χ4n) is 2.05. The molecule has 0 aliphatic carbocycles. The van der Waals surface area contributed by atoms with Gasteiger partial charge >= 0.3 is 5.69 Å². The molecule has 0 fully saturated rings. The molecule has 0 aliphatic rings. The van der Waals surface area contributed by atoms with Crippen LogP contribution >= 0.6 is 15.9 Å². The topological polar surface area (TPSA) is 123 Å². The Hall–Kier alpha value is -3.14. The van der Waals surface area contributed by atoms with Crippen LogP contribution in [0.5, 0.6) is 17.2 Å². The Morgan fingerprint density at radius 2 is 2.15 bits per heavy atom. The molecular weight excluding hydrogens is 422 g/mol. The molecular formula is C17H16BrN3O6. The normalized spacial score (nSPS) is 10.6. The average molecular weight is 438 g/mol. The number of hydrazone groups is 1. The number of phenolic OH excluding ortho intramolecular Hbond substituents is 1. The molecule has 2 N–H and O–H groups in total. The second-order valence-corrected chi connectivity index (χ2v) is 6.20. The third-order valence-corrected chi connectivity index (χ3v) is 4.29. The zero-order chi connectivity index (χ0) is 20.0. The monoisotopic (exact) mass is 437 g/mol. The minimum absolute atomic E-state index is 0.0779. The number of nitro groups is 1. The third kappa shape index (κ3) is 5.42. The van der Waals surface area contributed by atoms with Crippen molar-refractivity contribution in [2.75, 3.05) is 13.7 Å². The number of aryl methyl sites for hydroxylation is 1. The molecule has 9 nitrogen and oxygen atoms in total. The van der Waals surface area contributed by atoms with E-state index < -0.39 is 22.3 Å². The number of halogens is 1. The van der Waals surface area contributed by atoms with Crippen LogP contribution < -0.4 is 14.9 Å². The van der Waals surface area contributed by atoms with Gasteiger partial charge in [-0.3, -0.25) is 14.9 Å². The van der Waals surface area contributed by atoms with Crippen molar-refractivity contribution in [2.24, 2.45) is 5.10 Å². The number of aromatic hydroxyl groups is 1. The van der Waals surface area contributed by atoms with Gasteiger partial charge in [-0.25, -0.2) is 5.43 Å². The lowest BCUT2D eigenvalue weighted by molar-refractivity contribution is -0.386. The minimum atomic E-state index is -0.748. The van der Waals surface area contributed by atoms with E-state index in [0.29, 0.717) is 5.75 Å². The first-order valence-electron chi connectivity index (χ1n) is 7.58. The maximum absolute atomic E-state index is 11.8. The molecule has 0 saturated carbocycles. The molecule has 10 heteroatoms. The number of nitrogens with one attached hydrogen (secondary N) is 1. The number of phenols is 1. The van der Waals surface area contributed by atoms with Crippen LogP contribution in [0.4, 0.5) is 5.69 Å². The van der Waals surface area contributed by atoms with E-state index in [9.17, 15) is 20.0 Å². The highest BCUT2D eigenvalue weighted by Gasteiger charge is 2.19. The Morgan fingerprint density at radius 3 is 2.78 bits per heavy atom. The number of nitro benzene ring substituents is 1. The van der Waals surface area contributed by atoms with Crippen LogP contribution in [0.15, 0.2) is 39.9 Å². The number of ether oxygens (including phenoxy) is 2. The van der Waals surface area contributed by atoms with Crippen molar-refractivity contribution in [1.82, 2.24) is 5.43 Å². The first-order valence-corrected chi connectivity index (χ1v) is 8.37. The van der Waals surface area contributed by atoms with Crippen LogP contribution in [0.2, 0.25) is 0 Å². The number of carbonyl (C=O) groups is 1. The number of hydrogen-bond acceptors (Lipinski definition) is 7. The van der Waals surface area contributed by atoms with Gasteiger partial charge in [0, 0.05) is 16.1 Å². The number of rotatable bonds is 7. The molecule has 2 aromatic rings. The van der Waals surface area contributed by atoms with Crippen molar-refractivity contribution in [3.63, 3.8) is 0 Å². The number of hydrogen-bond donors (Lipinski definition) is 2. The molecule has 0 bridgehead atoms. The fraction of sp³-hybridized carbons (Fsp3) is 0.176. The van der Waals surface area contributed by atoms with E-state index in [4.69, 9.17) is 9.47 Å². The van der Waals surface area contributed by atoms with E-state index in [-0.39, 0.29) is 17.9 Å². The molecule has 0 aromatic heterocycles. The van der Waals surface area contributed by atoms with Crippen molar-refractivity contribution in [3.05, 3.63) is 56.0 Å². The van der Waals surface area contributed by atoms with Gasteiger partial charge in [-0.05, 0) is 36.8 Å². The van der Waals surface area contributed by atoms with Crippen LogP contribution in [0.25, 0.3) is 0 Å². The molecule has 0 atom stereocenters. The van der Waals surface area contributed by atoms with E-state index in [1.165, 1.54) is 19.4 Å². The predicted molar refractivity (Wildman–Crippen MR) is 101 cm³/mol. The molecule has 0 heterocycles. The average Bonchev–Trinajstić information content (AvgIpc) is 2.63. The van der Waals surface area contributed by atoms with Crippen LogP contribution in [0, 0.1) is 17.0 Å². The van der Waals surface area contributed by atoms with Crippen molar-refractivity contribution < 1.29 is 24.3 Å². The Kier molecular flexibility index (Phi) is 6.72. The summed E-state index contributed by atoms with van der Waals surface area (Å²) in [6.45, 7) is 1.64. The molecule has 2 aromatic carbocycles. The van der Waals surface area contributed by atoms with E-state index in [0.717, 1.165) is 16.1 Å². The van der Waals surface area contributed by atoms with Crippen LogP contribution in [-0.2, 0) is 4.79 Å². The van der Waals surface area contributed by atoms with Gasteiger partial charge in [0.2, 0.25) is 5.75 Å². The van der Waals surface area contributed by atoms with Crippen LogP contribution in [0.1, 0.15) is 11.1 Å². The molecule has 0 saturated heterocycles. The Balaban J connectivity index is 1.98. The SMILES string of the molecule is COc1cc(/C=N/NC(=O)COc2ccc(Br)c(C)c2)cc([N+](=O)[O-])c1O. The van der Waals surface area contributed by atoms with E-state index in [1.807, 2.05) is 13.0 Å². The molecule has 27 heavy (non-hydrogen) atoms. The zero-order valence-corrected chi connectivity index (χ0v) is 16.0. The van der Waals surface area contributed by atoms with E-state index >= 15 is 0 Å². The minimum Gasteiger partial charge on any atom is -0.500 e. The third-order valence-electron chi connectivity index (χ3n) is 3.40. The summed E-state index contributed by atoms with van der Waals surface area (Å²) in [5, 5.41) is 24.4. The molecule has 142 valence electrons. The second kappa shape index (κ2) is 8.99. The van der Waals surface area contributed by atoms with Crippen molar-refractivity contribution in [3.8, 4) is 17.2 Å².